The van der Waals surface area contributed by atoms with Crippen molar-refractivity contribution in [3.8, 4) is 22.6 Å². The second kappa shape index (κ2) is 13.8. The van der Waals surface area contributed by atoms with Gasteiger partial charge in [-0.1, -0.05) is 44.7 Å². The van der Waals surface area contributed by atoms with E-state index >= 15 is 0 Å². The van der Waals surface area contributed by atoms with Crippen molar-refractivity contribution in [2.24, 2.45) is 17.8 Å². The summed E-state index contributed by atoms with van der Waals surface area (Å²) in [6, 6.07) is 7.93. The van der Waals surface area contributed by atoms with E-state index in [1.54, 1.807) is 0 Å². The minimum Gasteiger partial charge on any atom is -0.483 e. The Kier molecular flexibility index (Phi) is 10.0. The van der Waals surface area contributed by atoms with Gasteiger partial charge in [-0.3, -0.25) is 0 Å². The lowest BCUT2D eigenvalue weighted by molar-refractivity contribution is -0.274. The molecule has 0 atom stereocenters. The highest BCUT2D eigenvalue weighted by atomic mass is 19.4. The van der Waals surface area contributed by atoms with E-state index in [-0.39, 0.29) is 22.6 Å². The largest absolute Gasteiger partial charge is 0.573 e. The third-order valence-corrected chi connectivity index (χ3v) is 8.33. The summed E-state index contributed by atoms with van der Waals surface area (Å²) in [6.07, 6.45) is 1.29. The number of hydrogen-bond acceptors (Lipinski definition) is 4. The Morgan fingerprint density at radius 3 is 1.91 bits per heavy atom. The third-order valence-electron chi connectivity index (χ3n) is 8.33. The van der Waals surface area contributed by atoms with Crippen molar-refractivity contribution in [1.82, 2.24) is 0 Å². The first-order chi connectivity index (χ1) is 21.0. The molecule has 238 valence electrons. The van der Waals surface area contributed by atoms with Crippen LogP contribution in [-0.2, 0) is 16.1 Å². The van der Waals surface area contributed by atoms with Crippen LogP contribution in [0.1, 0.15) is 62.9 Å². The predicted molar refractivity (Wildman–Crippen MR) is 148 cm³/mol. The molecule has 1 aliphatic carbocycles. The van der Waals surface area contributed by atoms with Crippen molar-refractivity contribution in [2.75, 3.05) is 13.2 Å². The van der Waals surface area contributed by atoms with Gasteiger partial charge in [0.2, 0.25) is 0 Å². The van der Waals surface area contributed by atoms with Crippen LogP contribution in [0, 0.1) is 41.0 Å². The van der Waals surface area contributed by atoms with E-state index in [2.05, 4.69) is 11.7 Å². The molecular weight excluding hydrogens is 593 g/mol. The summed E-state index contributed by atoms with van der Waals surface area (Å²) >= 11 is 0. The predicted octanol–water partition coefficient (Wildman–Crippen LogP) is 9.66. The average Bonchev–Trinajstić information content (AvgIpc) is 2.97. The van der Waals surface area contributed by atoms with Crippen molar-refractivity contribution in [1.29, 1.82) is 0 Å². The third kappa shape index (κ3) is 7.85. The molecule has 3 aromatic carbocycles. The maximum absolute atomic E-state index is 14.9. The Hall–Kier alpha value is -3.31. The van der Waals surface area contributed by atoms with Gasteiger partial charge in [0, 0.05) is 11.5 Å². The molecule has 11 heteroatoms. The maximum Gasteiger partial charge on any atom is 0.573 e. The standard InChI is InChI=1S/C33H33F7O4/c1-2-3-19-4-6-21(7-5-19)24-17-42-32(43-18-24)23-14-28(36)31(29(37)15-23)41-16-20-12-26(34)30(27(35)13-20)22-8-10-25(11-9-22)44-33(38,39)40/h8-15,19,21,24,32H,2-7,16-18H2,1H3/t19-,21-,24?,32?. The molecule has 0 unspecified atom stereocenters. The van der Waals surface area contributed by atoms with Gasteiger partial charge < -0.3 is 18.9 Å². The van der Waals surface area contributed by atoms with Crippen LogP contribution in [-0.4, -0.2) is 19.6 Å². The molecule has 0 spiro atoms. The molecule has 3 aromatic rings. The zero-order valence-electron chi connectivity index (χ0n) is 24.1. The number of alkyl halides is 3. The van der Waals surface area contributed by atoms with Crippen LogP contribution in [0.3, 0.4) is 0 Å². The fraction of sp³-hybridized carbons (Fsp3) is 0.455. The molecule has 2 fully saturated rings. The van der Waals surface area contributed by atoms with Gasteiger partial charge in [-0.15, -0.1) is 13.2 Å². The van der Waals surface area contributed by atoms with Crippen molar-refractivity contribution in [3.05, 3.63) is 82.9 Å². The molecule has 0 radical (unpaired) electrons. The molecular formula is C33H33F7O4. The minimum atomic E-state index is -4.91. The van der Waals surface area contributed by atoms with E-state index in [0.29, 0.717) is 19.1 Å². The topological polar surface area (TPSA) is 36.9 Å². The number of ether oxygens (including phenoxy) is 4. The minimum absolute atomic E-state index is 0.0347. The van der Waals surface area contributed by atoms with E-state index in [9.17, 15) is 30.7 Å². The summed E-state index contributed by atoms with van der Waals surface area (Å²) in [4.78, 5) is 0. The van der Waals surface area contributed by atoms with Crippen LogP contribution in [0.5, 0.6) is 11.5 Å². The first kappa shape index (κ1) is 32.1. The first-order valence-electron chi connectivity index (χ1n) is 14.7. The fourth-order valence-corrected chi connectivity index (χ4v) is 6.16. The van der Waals surface area contributed by atoms with Gasteiger partial charge in [0.1, 0.15) is 24.0 Å². The lowest BCUT2D eigenvalue weighted by Gasteiger charge is -2.37. The summed E-state index contributed by atoms with van der Waals surface area (Å²) in [5.74, 6) is -3.87. The summed E-state index contributed by atoms with van der Waals surface area (Å²) in [7, 11) is 0. The van der Waals surface area contributed by atoms with Crippen LogP contribution < -0.4 is 9.47 Å². The normalized spacial score (nSPS) is 22.5. The van der Waals surface area contributed by atoms with Crippen LogP contribution >= 0.6 is 0 Å². The summed E-state index contributed by atoms with van der Waals surface area (Å²) in [6.45, 7) is 2.52. The van der Waals surface area contributed by atoms with Crippen molar-refractivity contribution in [2.45, 2.75) is 64.7 Å². The Morgan fingerprint density at radius 1 is 0.773 bits per heavy atom. The summed E-state index contributed by atoms with van der Waals surface area (Å²) in [5, 5.41) is 0. The molecule has 1 saturated carbocycles. The van der Waals surface area contributed by atoms with Gasteiger partial charge in [0.15, 0.2) is 23.7 Å². The van der Waals surface area contributed by atoms with Gasteiger partial charge in [-0.05, 0) is 72.2 Å². The molecule has 1 aliphatic heterocycles. The van der Waals surface area contributed by atoms with E-state index in [4.69, 9.17) is 14.2 Å². The van der Waals surface area contributed by atoms with E-state index < -0.39 is 59.6 Å². The molecule has 4 nitrogen and oxygen atoms in total. The molecule has 1 heterocycles. The van der Waals surface area contributed by atoms with Crippen molar-refractivity contribution in [3.63, 3.8) is 0 Å². The quantitative estimate of drug-likeness (QED) is 0.222. The fourth-order valence-electron chi connectivity index (χ4n) is 6.16. The number of hydrogen-bond donors (Lipinski definition) is 0. The molecule has 0 N–H and O–H groups in total. The summed E-state index contributed by atoms with van der Waals surface area (Å²) < 4.78 is 117. The Bertz CT molecular complexity index is 1360. The van der Waals surface area contributed by atoms with Crippen LogP contribution in [0.15, 0.2) is 48.5 Å². The lowest BCUT2D eigenvalue weighted by Crippen LogP contribution is -2.34. The van der Waals surface area contributed by atoms with Crippen LogP contribution in [0.4, 0.5) is 30.7 Å². The smallest absolute Gasteiger partial charge is 0.483 e. The Balaban J connectivity index is 1.18. The van der Waals surface area contributed by atoms with E-state index in [1.165, 1.54) is 25.7 Å². The van der Waals surface area contributed by atoms with Crippen LogP contribution in [0.25, 0.3) is 11.1 Å². The van der Waals surface area contributed by atoms with E-state index in [0.717, 1.165) is 67.3 Å². The van der Waals surface area contributed by atoms with Gasteiger partial charge in [0.05, 0.1) is 18.8 Å². The van der Waals surface area contributed by atoms with E-state index in [1.807, 2.05) is 0 Å². The molecule has 44 heavy (non-hydrogen) atoms. The number of halogens is 7. The van der Waals surface area contributed by atoms with Crippen molar-refractivity contribution >= 4 is 0 Å². The van der Waals surface area contributed by atoms with Crippen LogP contribution in [0.2, 0.25) is 0 Å². The lowest BCUT2D eigenvalue weighted by atomic mass is 9.75. The zero-order valence-corrected chi connectivity index (χ0v) is 24.1. The highest BCUT2D eigenvalue weighted by Gasteiger charge is 2.33. The van der Waals surface area contributed by atoms with Crippen molar-refractivity contribution < 1.29 is 49.7 Å². The molecule has 2 aliphatic rings. The van der Waals surface area contributed by atoms with Gasteiger partial charge in [-0.25, -0.2) is 17.6 Å². The average molecular weight is 627 g/mol. The van der Waals surface area contributed by atoms with Gasteiger partial charge in [-0.2, -0.15) is 0 Å². The highest BCUT2D eigenvalue weighted by molar-refractivity contribution is 5.66. The van der Waals surface area contributed by atoms with Gasteiger partial charge >= 0.3 is 6.36 Å². The number of benzene rings is 3. The highest BCUT2D eigenvalue weighted by Crippen LogP contribution is 2.39. The summed E-state index contributed by atoms with van der Waals surface area (Å²) in [5.41, 5.74) is -0.427. The Labute approximate surface area is 251 Å². The first-order valence-corrected chi connectivity index (χ1v) is 14.7. The number of rotatable bonds is 9. The Morgan fingerprint density at radius 2 is 1.36 bits per heavy atom. The molecule has 0 aromatic heterocycles. The SMILES string of the molecule is CCC[C@H]1CC[C@H](C2COC(c3cc(F)c(OCc4cc(F)c(-c5ccc(OC(F)(F)F)cc5)c(F)c4)c(F)c3)OC2)CC1. The second-order valence-corrected chi connectivity index (χ2v) is 11.4. The molecule has 1 saturated heterocycles. The maximum atomic E-state index is 14.9. The zero-order chi connectivity index (χ0) is 31.4. The van der Waals surface area contributed by atoms with Gasteiger partial charge in [0.25, 0.3) is 0 Å². The molecule has 0 amide bonds. The molecule has 0 bridgehead atoms. The molecule has 5 rings (SSSR count). The monoisotopic (exact) mass is 626 g/mol. The second-order valence-electron chi connectivity index (χ2n) is 11.4.